The van der Waals surface area contributed by atoms with E-state index in [2.05, 4.69) is 5.32 Å². The molecule has 4 heteroatoms. The van der Waals surface area contributed by atoms with E-state index in [1.165, 1.54) is 12.1 Å². The van der Waals surface area contributed by atoms with Crippen LogP contribution in [0.4, 0.5) is 4.39 Å². The zero-order chi connectivity index (χ0) is 14.5. The van der Waals surface area contributed by atoms with Gasteiger partial charge in [-0.05, 0) is 42.3 Å². The lowest BCUT2D eigenvalue weighted by Crippen LogP contribution is -2.18. The predicted octanol–water partition coefficient (Wildman–Crippen LogP) is 3.39. The summed E-state index contributed by atoms with van der Waals surface area (Å²) < 4.78 is 18.4. The molecule has 0 fully saturated rings. The van der Waals surface area contributed by atoms with Gasteiger partial charge in [-0.3, -0.25) is 0 Å². The number of phenolic OH excluding ortho intramolecular Hbond substituents is 1. The first-order valence-electron chi connectivity index (χ1n) is 6.45. The van der Waals surface area contributed by atoms with Gasteiger partial charge in [-0.2, -0.15) is 0 Å². The van der Waals surface area contributed by atoms with Crippen molar-refractivity contribution in [1.29, 1.82) is 0 Å². The summed E-state index contributed by atoms with van der Waals surface area (Å²) in [6, 6.07) is 12.3. The number of nitrogens with one attached hydrogen (secondary N) is 1. The van der Waals surface area contributed by atoms with Crippen LogP contribution in [-0.2, 0) is 6.54 Å². The van der Waals surface area contributed by atoms with Crippen LogP contribution in [0.3, 0.4) is 0 Å². The molecule has 0 saturated heterocycles. The Labute approximate surface area is 118 Å². The maximum atomic E-state index is 13.2. The van der Waals surface area contributed by atoms with Gasteiger partial charge in [0.2, 0.25) is 0 Å². The van der Waals surface area contributed by atoms with Crippen molar-refractivity contribution in [3.8, 4) is 11.5 Å². The molecular formula is C16H18FNO2. The van der Waals surface area contributed by atoms with Gasteiger partial charge in [0, 0.05) is 12.6 Å². The van der Waals surface area contributed by atoms with E-state index < -0.39 is 5.82 Å². The lowest BCUT2D eigenvalue weighted by Gasteiger charge is -2.15. The monoisotopic (exact) mass is 275 g/mol. The number of ether oxygens (including phenoxy) is 1. The second kappa shape index (κ2) is 6.39. The van der Waals surface area contributed by atoms with Crippen molar-refractivity contribution in [2.45, 2.75) is 19.5 Å². The van der Waals surface area contributed by atoms with Crippen molar-refractivity contribution >= 4 is 0 Å². The van der Waals surface area contributed by atoms with E-state index in [-0.39, 0.29) is 11.8 Å². The highest BCUT2D eigenvalue weighted by Crippen LogP contribution is 2.20. The highest BCUT2D eigenvalue weighted by atomic mass is 19.1. The molecule has 2 N–H and O–H groups in total. The Balaban J connectivity index is 2.00. The Kier molecular flexibility index (Phi) is 4.58. The van der Waals surface area contributed by atoms with Crippen molar-refractivity contribution in [1.82, 2.24) is 5.32 Å². The molecule has 20 heavy (non-hydrogen) atoms. The Bertz CT molecular complexity index is 586. The molecule has 0 aliphatic rings. The largest absolute Gasteiger partial charge is 0.505 e. The Morgan fingerprint density at radius 2 is 2.05 bits per heavy atom. The quantitative estimate of drug-likeness (QED) is 0.879. The highest BCUT2D eigenvalue weighted by Gasteiger charge is 2.07. The molecule has 1 atom stereocenters. The first kappa shape index (κ1) is 14.3. The highest BCUT2D eigenvalue weighted by molar-refractivity contribution is 5.31. The van der Waals surface area contributed by atoms with Gasteiger partial charge in [-0.1, -0.05) is 18.2 Å². The number of aromatic hydroxyl groups is 1. The second-order valence-corrected chi connectivity index (χ2v) is 4.66. The van der Waals surface area contributed by atoms with Crippen molar-refractivity contribution < 1.29 is 14.2 Å². The lowest BCUT2D eigenvalue weighted by atomic mass is 10.1. The van der Waals surface area contributed by atoms with Crippen LogP contribution in [-0.4, -0.2) is 12.2 Å². The number of hydrogen-bond acceptors (Lipinski definition) is 3. The van der Waals surface area contributed by atoms with Gasteiger partial charge in [0.25, 0.3) is 0 Å². The van der Waals surface area contributed by atoms with Gasteiger partial charge >= 0.3 is 0 Å². The number of benzene rings is 2. The van der Waals surface area contributed by atoms with Crippen molar-refractivity contribution in [2.24, 2.45) is 0 Å². The van der Waals surface area contributed by atoms with Crippen LogP contribution in [0.25, 0.3) is 0 Å². The minimum absolute atomic E-state index is 0.113. The number of phenols is 1. The van der Waals surface area contributed by atoms with Gasteiger partial charge in [0.05, 0.1) is 7.11 Å². The SMILES string of the molecule is COc1cccc(C(C)NCc2ccc(O)c(F)c2)c1. The summed E-state index contributed by atoms with van der Waals surface area (Å²) in [7, 11) is 1.64. The zero-order valence-electron chi connectivity index (χ0n) is 11.6. The molecule has 0 spiro atoms. The van der Waals surface area contributed by atoms with Gasteiger partial charge in [0.15, 0.2) is 11.6 Å². The van der Waals surface area contributed by atoms with Crippen LogP contribution in [0.15, 0.2) is 42.5 Å². The molecule has 0 aliphatic carbocycles. The summed E-state index contributed by atoms with van der Waals surface area (Å²) >= 11 is 0. The molecule has 106 valence electrons. The lowest BCUT2D eigenvalue weighted by molar-refractivity contribution is 0.413. The van der Waals surface area contributed by atoms with E-state index in [9.17, 15) is 4.39 Å². The molecule has 0 amide bonds. The summed E-state index contributed by atoms with van der Waals surface area (Å²) in [6.07, 6.45) is 0. The fraction of sp³-hybridized carbons (Fsp3) is 0.250. The third-order valence-corrected chi connectivity index (χ3v) is 3.22. The minimum atomic E-state index is -0.599. The van der Waals surface area contributed by atoms with Crippen LogP contribution in [0, 0.1) is 5.82 Å². The van der Waals surface area contributed by atoms with Gasteiger partial charge in [-0.25, -0.2) is 4.39 Å². The first-order chi connectivity index (χ1) is 9.60. The number of hydrogen-bond donors (Lipinski definition) is 2. The van der Waals surface area contributed by atoms with Gasteiger partial charge < -0.3 is 15.2 Å². The molecule has 2 aromatic rings. The number of rotatable bonds is 5. The molecule has 2 rings (SSSR count). The molecule has 0 radical (unpaired) electrons. The summed E-state index contributed by atoms with van der Waals surface area (Å²) in [5, 5.41) is 12.5. The molecule has 0 saturated carbocycles. The van der Waals surface area contributed by atoms with E-state index in [1.807, 2.05) is 31.2 Å². The molecule has 0 bridgehead atoms. The number of halogens is 1. The third kappa shape index (κ3) is 3.48. The van der Waals surface area contributed by atoms with Crippen LogP contribution >= 0.6 is 0 Å². The maximum Gasteiger partial charge on any atom is 0.165 e. The van der Waals surface area contributed by atoms with Crippen LogP contribution in [0.1, 0.15) is 24.1 Å². The fourth-order valence-corrected chi connectivity index (χ4v) is 1.96. The normalized spacial score (nSPS) is 12.2. The smallest absolute Gasteiger partial charge is 0.165 e. The predicted molar refractivity (Wildman–Crippen MR) is 76.3 cm³/mol. The Morgan fingerprint density at radius 1 is 1.25 bits per heavy atom. The maximum absolute atomic E-state index is 13.2. The van der Waals surface area contributed by atoms with Crippen molar-refractivity contribution in [3.05, 3.63) is 59.4 Å². The molecule has 1 unspecified atom stereocenters. The Hall–Kier alpha value is -2.07. The summed E-state index contributed by atoms with van der Waals surface area (Å²) in [5.41, 5.74) is 1.89. The molecule has 0 aliphatic heterocycles. The van der Waals surface area contributed by atoms with E-state index in [0.717, 1.165) is 16.9 Å². The summed E-state index contributed by atoms with van der Waals surface area (Å²) in [4.78, 5) is 0. The van der Waals surface area contributed by atoms with E-state index in [4.69, 9.17) is 9.84 Å². The van der Waals surface area contributed by atoms with E-state index in [1.54, 1.807) is 13.2 Å². The topological polar surface area (TPSA) is 41.5 Å². The minimum Gasteiger partial charge on any atom is -0.505 e. The van der Waals surface area contributed by atoms with E-state index >= 15 is 0 Å². The average Bonchev–Trinajstić information content (AvgIpc) is 2.48. The van der Waals surface area contributed by atoms with Crippen molar-refractivity contribution in [2.75, 3.05) is 7.11 Å². The van der Waals surface area contributed by atoms with Crippen molar-refractivity contribution in [3.63, 3.8) is 0 Å². The number of methoxy groups -OCH3 is 1. The van der Waals surface area contributed by atoms with Gasteiger partial charge in [-0.15, -0.1) is 0 Å². The van der Waals surface area contributed by atoms with E-state index in [0.29, 0.717) is 6.54 Å². The summed E-state index contributed by atoms with van der Waals surface area (Å²) in [5.74, 6) is -0.111. The first-order valence-corrected chi connectivity index (χ1v) is 6.45. The standard InChI is InChI=1S/C16H18FNO2/c1-11(13-4-3-5-14(9-13)20-2)18-10-12-6-7-16(19)15(17)8-12/h3-9,11,18-19H,10H2,1-2H3. The molecule has 3 nitrogen and oxygen atoms in total. The Morgan fingerprint density at radius 3 is 2.75 bits per heavy atom. The van der Waals surface area contributed by atoms with Crippen LogP contribution < -0.4 is 10.1 Å². The van der Waals surface area contributed by atoms with Crippen LogP contribution in [0.5, 0.6) is 11.5 Å². The zero-order valence-corrected chi connectivity index (χ0v) is 11.6. The molecule has 0 heterocycles. The van der Waals surface area contributed by atoms with Gasteiger partial charge in [0.1, 0.15) is 5.75 Å². The average molecular weight is 275 g/mol. The summed E-state index contributed by atoms with van der Waals surface area (Å²) in [6.45, 7) is 2.56. The second-order valence-electron chi connectivity index (χ2n) is 4.66. The molecule has 2 aromatic carbocycles. The molecule has 0 aromatic heterocycles. The molecular weight excluding hydrogens is 257 g/mol. The fourth-order valence-electron chi connectivity index (χ4n) is 1.96. The third-order valence-electron chi connectivity index (χ3n) is 3.22. The van der Waals surface area contributed by atoms with Crippen LogP contribution in [0.2, 0.25) is 0 Å².